The predicted octanol–water partition coefficient (Wildman–Crippen LogP) is 3.13. The van der Waals surface area contributed by atoms with Crippen molar-refractivity contribution in [2.75, 3.05) is 6.61 Å². The van der Waals surface area contributed by atoms with Gasteiger partial charge in [0, 0.05) is 24.7 Å². The Bertz CT molecular complexity index is 1480. The minimum Gasteiger partial charge on any atom is -0.425 e. The molecule has 10 heteroatoms. The third-order valence-electron chi connectivity index (χ3n) is 5.38. The van der Waals surface area contributed by atoms with Crippen LogP contribution in [0.4, 0.5) is 0 Å². The standard InChI is InChI=1S/C24H22ClN5O4/c1-2-28-21-20(22(32)29(24(28)33)12-3-13-31)30(15-17-4-8-18(25)9-5-17)23(27-21)34-19-10-6-16(14-26)7-11-19/h4-11,31H,2-3,12-13,15H2,1H3. The van der Waals surface area contributed by atoms with E-state index in [2.05, 4.69) is 11.1 Å². The molecular formula is C24H22ClN5O4. The Labute approximate surface area is 199 Å². The number of nitrogens with zero attached hydrogens (tertiary/aromatic N) is 5. The second-order valence-electron chi connectivity index (χ2n) is 7.58. The third-order valence-corrected chi connectivity index (χ3v) is 5.63. The maximum absolute atomic E-state index is 13.4. The third kappa shape index (κ3) is 4.46. The molecule has 2 aromatic carbocycles. The lowest BCUT2D eigenvalue weighted by atomic mass is 10.2. The van der Waals surface area contributed by atoms with Gasteiger partial charge in [-0.15, -0.1) is 0 Å². The zero-order valence-corrected chi connectivity index (χ0v) is 19.2. The minimum absolute atomic E-state index is 0.0854. The Balaban J connectivity index is 1.94. The second-order valence-corrected chi connectivity index (χ2v) is 8.01. The molecule has 2 aromatic heterocycles. The Morgan fingerprint density at radius 2 is 1.76 bits per heavy atom. The quantitative estimate of drug-likeness (QED) is 0.415. The number of hydrogen-bond donors (Lipinski definition) is 1. The van der Waals surface area contributed by atoms with Crippen molar-refractivity contribution in [2.45, 2.75) is 33.0 Å². The van der Waals surface area contributed by atoms with Gasteiger partial charge in [-0.1, -0.05) is 23.7 Å². The molecule has 174 valence electrons. The highest BCUT2D eigenvalue weighted by atomic mass is 35.5. The van der Waals surface area contributed by atoms with E-state index in [1.54, 1.807) is 47.9 Å². The van der Waals surface area contributed by atoms with E-state index in [1.807, 2.05) is 12.1 Å². The van der Waals surface area contributed by atoms with Crippen LogP contribution >= 0.6 is 11.6 Å². The number of rotatable bonds is 8. The summed E-state index contributed by atoms with van der Waals surface area (Å²) in [7, 11) is 0. The van der Waals surface area contributed by atoms with Crippen LogP contribution in [0, 0.1) is 11.3 Å². The molecule has 0 amide bonds. The molecule has 0 fully saturated rings. The van der Waals surface area contributed by atoms with Crippen LogP contribution < -0.4 is 16.0 Å². The van der Waals surface area contributed by atoms with Crippen LogP contribution in [0.2, 0.25) is 5.02 Å². The van der Waals surface area contributed by atoms with Crippen molar-refractivity contribution in [1.29, 1.82) is 5.26 Å². The summed E-state index contributed by atoms with van der Waals surface area (Å²) in [6.45, 7) is 2.27. The molecule has 0 aliphatic rings. The highest BCUT2D eigenvalue weighted by molar-refractivity contribution is 6.30. The van der Waals surface area contributed by atoms with E-state index in [-0.39, 0.29) is 43.3 Å². The molecule has 0 aliphatic carbocycles. The van der Waals surface area contributed by atoms with Gasteiger partial charge < -0.3 is 9.84 Å². The number of aliphatic hydroxyl groups is 1. The number of fused-ring (bicyclic) bond motifs is 1. The fourth-order valence-corrected chi connectivity index (χ4v) is 3.81. The SMILES string of the molecule is CCn1c(=O)n(CCCO)c(=O)c2c1nc(Oc1ccc(C#N)cc1)n2Cc1ccc(Cl)cc1. The van der Waals surface area contributed by atoms with Gasteiger partial charge in [0.25, 0.3) is 5.56 Å². The summed E-state index contributed by atoms with van der Waals surface area (Å²) in [5.41, 5.74) is 0.773. The van der Waals surface area contributed by atoms with Gasteiger partial charge in [-0.3, -0.25) is 18.5 Å². The van der Waals surface area contributed by atoms with Crippen molar-refractivity contribution in [1.82, 2.24) is 18.7 Å². The topological polar surface area (TPSA) is 115 Å². The van der Waals surface area contributed by atoms with E-state index in [9.17, 15) is 14.7 Å². The number of halogens is 1. The smallest absolute Gasteiger partial charge is 0.332 e. The number of aryl methyl sites for hydroxylation is 1. The van der Waals surface area contributed by atoms with E-state index >= 15 is 0 Å². The van der Waals surface area contributed by atoms with Crippen LogP contribution in [-0.2, 0) is 19.6 Å². The van der Waals surface area contributed by atoms with Gasteiger partial charge in [0.05, 0.1) is 18.2 Å². The van der Waals surface area contributed by atoms with Gasteiger partial charge in [0.15, 0.2) is 11.2 Å². The summed E-state index contributed by atoms with van der Waals surface area (Å²) in [5.74, 6) is 0.428. The Hall–Kier alpha value is -3.87. The van der Waals surface area contributed by atoms with Crippen LogP contribution in [0.5, 0.6) is 11.8 Å². The first-order chi connectivity index (χ1) is 16.5. The number of aromatic nitrogens is 4. The van der Waals surface area contributed by atoms with E-state index in [1.165, 1.54) is 4.57 Å². The Morgan fingerprint density at radius 3 is 2.38 bits per heavy atom. The molecular weight excluding hydrogens is 458 g/mol. The number of imidazole rings is 1. The summed E-state index contributed by atoms with van der Waals surface area (Å²) < 4.78 is 10.2. The van der Waals surface area contributed by atoms with Crippen molar-refractivity contribution in [3.8, 4) is 17.8 Å². The summed E-state index contributed by atoms with van der Waals surface area (Å²) in [6.07, 6.45) is 0.268. The van der Waals surface area contributed by atoms with Gasteiger partial charge in [-0.25, -0.2) is 4.79 Å². The summed E-state index contributed by atoms with van der Waals surface area (Å²) in [6, 6.07) is 15.9. The Kier molecular flexibility index (Phi) is 6.82. The predicted molar refractivity (Wildman–Crippen MR) is 127 cm³/mol. The summed E-state index contributed by atoms with van der Waals surface area (Å²) in [5, 5.41) is 18.9. The van der Waals surface area contributed by atoms with Crippen LogP contribution in [0.3, 0.4) is 0 Å². The lowest BCUT2D eigenvalue weighted by Gasteiger charge is -2.12. The molecule has 0 saturated carbocycles. The zero-order chi connectivity index (χ0) is 24.2. The number of hydrogen-bond acceptors (Lipinski definition) is 6. The molecule has 34 heavy (non-hydrogen) atoms. The summed E-state index contributed by atoms with van der Waals surface area (Å²) >= 11 is 6.02. The molecule has 1 N–H and O–H groups in total. The number of ether oxygens (including phenoxy) is 1. The first-order valence-electron chi connectivity index (χ1n) is 10.7. The van der Waals surface area contributed by atoms with E-state index in [4.69, 9.17) is 21.6 Å². The first-order valence-corrected chi connectivity index (χ1v) is 11.1. The molecule has 4 rings (SSSR count). The number of benzene rings is 2. The van der Waals surface area contributed by atoms with Crippen molar-refractivity contribution in [2.24, 2.45) is 0 Å². The fraction of sp³-hybridized carbons (Fsp3) is 0.250. The van der Waals surface area contributed by atoms with Crippen molar-refractivity contribution >= 4 is 22.8 Å². The Morgan fingerprint density at radius 1 is 1.06 bits per heavy atom. The van der Waals surface area contributed by atoms with Crippen LogP contribution in [0.15, 0.2) is 58.1 Å². The number of aliphatic hydroxyl groups excluding tert-OH is 1. The van der Waals surface area contributed by atoms with Crippen LogP contribution in [-0.4, -0.2) is 30.4 Å². The van der Waals surface area contributed by atoms with Crippen LogP contribution in [0.1, 0.15) is 24.5 Å². The normalized spacial score (nSPS) is 11.0. The van der Waals surface area contributed by atoms with Gasteiger partial charge in [0.2, 0.25) is 0 Å². The lowest BCUT2D eigenvalue weighted by Crippen LogP contribution is -2.40. The molecule has 0 atom stereocenters. The second kappa shape index (κ2) is 9.95. The zero-order valence-electron chi connectivity index (χ0n) is 18.4. The minimum atomic E-state index is -0.505. The van der Waals surface area contributed by atoms with E-state index in [0.717, 1.165) is 10.1 Å². The summed E-state index contributed by atoms with van der Waals surface area (Å²) in [4.78, 5) is 31.0. The molecule has 0 radical (unpaired) electrons. The van der Waals surface area contributed by atoms with Gasteiger partial charge >= 0.3 is 11.7 Å². The van der Waals surface area contributed by atoms with Crippen molar-refractivity contribution < 1.29 is 9.84 Å². The molecule has 9 nitrogen and oxygen atoms in total. The van der Waals surface area contributed by atoms with Crippen LogP contribution in [0.25, 0.3) is 11.2 Å². The molecule has 0 spiro atoms. The monoisotopic (exact) mass is 479 g/mol. The molecule has 0 saturated heterocycles. The maximum Gasteiger partial charge on any atom is 0.332 e. The van der Waals surface area contributed by atoms with Crippen molar-refractivity contribution in [3.63, 3.8) is 0 Å². The molecule has 4 aromatic rings. The van der Waals surface area contributed by atoms with Gasteiger partial charge in [-0.05, 0) is 55.3 Å². The van der Waals surface area contributed by atoms with Gasteiger partial charge in [-0.2, -0.15) is 10.2 Å². The van der Waals surface area contributed by atoms with E-state index in [0.29, 0.717) is 22.9 Å². The molecule has 0 bridgehead atoms. The number of nitriles is 1. The van der Waals surface area contributed by atoms with E-state index < -0.39 is 11.2 Å². The van der Waals surface area contributed by atoms with Crippen molar-refractivity contribution in [3.05, 3.63) is 85.5 Å². The maximum atomic E-state index is 13.4. The molecule has 0 aliphatic heterocycles. The molecule has 0 unspecified atom stereocenters. The molecule has 2 heterocycles. The fourth-order valence-electron chi connectivity index (χ4n) is 3.68. The highest BCUT2D eigenvalue weighted by Crippen LogP contribution is 2.26. The average molecular weight is 480 g/mol. The highest BCUT2D eigenvalue weighted by Gasteiger charge is 2.22. The van der Waals surface area contributed by atoms with Gasteiger partial charge in [0.1, 0.15) is 5.75 Å². The first kappa shape index (κ1) is 23.3. The average Bonchev–Trinajstić information content (AvgIpc) is 3.18. The lowest BCUT2D eigenvalue weighted by molar-refractivity contribution is 0.277. The largest absolute Gasteiger partial charge is 0.425 e.